The number of ether oxygens (including phenoxy) is 2. The lowest BCUT2D eigenvalue weighted by Gasteiger charge is -2.10. The molecule has 0 spiro atoms. The molecule has 152 valence electrons. The van der Waals surface area contributed by atoms with Gasteiger partial charge in [0, 0.05) is 18.2 Å². The molecule has 0 amide bonds. The lowest BCUT2D eigenvalue weighted by atomic mass is 10.3. The highest BCUT2D eigenvalue weighted by Crippen LogP contribution is 2.33. The van der Waals surface area contributed by atoms with E-state index < -0.39 is 0 Å². The van der Waals surface area contributed by atoms with Crippen molar-refractivity contribution in [1.29, 1.82) is 0 Å². The van der Waals surface area contributed by atoms with Crippen LogP contribution in [0.1, 0.15) is 12.2 Å². The molecule has 30 heavy (non-hydrogen) atoms. The van der Waals surface area contributed by atoms with E-state index >= 15 is 0 Å². The zero-order chi connectivity index (χ0) is 20.3. The molecule has 2 aromatic carbocycles. The number of benzene rings is 2. The van der Waals surface area contributed by atoms with E-state index in [0.717, 1.165) is 38.8 Å². The van der Waals surface area contributed by atoms with Gasteiger partial charge < -0.3 is 24.9 Å². The van der Waals surface area contributed by atoms with Crippen molar-refractivity contribution < 1.29 is 13.9 Å². The largest absolute Gasteiger partial charge is 0.490 e. The third kappa shape index (κ3) is 3.95. The average molecular weight is 420 g/mol. The Hall–Kier alpha value is -3.52. The average Bonchev–Trinajstić information content (AvgIpc) is 3.33. The molecule has 2 aromatic heterocycles. The van der Waals surface area contributed by atoms with Crippen LogP contribution in [0.3, 0.4) is 0 Å². The molecule has 0 aliphatic carbocycles. The fourth-order valence-electron chi connectivity index (χ4n) is 3.15. The third-order valence-corrected chi connectivity index (χ3v) is 5.64. The number of aliphatic imine (C=N–C) groups is 1. The van der Waals surface area contributed by atoms with Crippen LogP contribution in [-0.4, -0.2) is 24.2 Å². The fraction of sp³-hybridized carbons (Fsp3) is 0.182. The van der Waals surface area contributed by atoms with Gasteiger partial charge in [0.05, 0.1) is 23.4 Å². The minimum atomic E-state index is 0.294. The lowest BCUT2D eigenvalue weighted by molar-refractivity contribution is 0.297. The maximum atomic E-state index is 6.04. The Kier molecular flexibility index (Phi) is 4.98. The normalized spacial score (nSPS) is 13.9. The monoisotopic (exact) mass is 420 g/mol. The van der Waals surface area contributed by atoms with Crippen LogP contribution in [0.25, 0.3) is 21.0 Å². The van der Waals surface area contributed by atoms with Gasteiger partial charge in [-0.3, -0.25) is 0 Å². The number of anilines is 1. The van der Waals surface area contributed by atoms with Crippen molar-refractivity contribution in [3.63, 3.8) is 0 Å². The Morgan fingerprint density at radius 1 is 1.07 bits per heavy atom. The Balaban J connectivity index is 1.26. The Morgan fingerprint density at radius 3 is 2.83 bits per heavy atom. The Bertz CT molecular complexity index is 1180. The van der Waals surface area contributed by atoms with Gasteiger partial charge in [0.25, 0.3) is 0 Å². The summed E-state index contributed by atoms with van der Waals surface area (Å²) in [6.07, 6.45) is 0.864. The molecular formula is C22H20N4O3S. The predicted octanol–water partition coefficient (Wildman–Crippen LogP) is 4.64. The molecule has 0 fully saturated rings. The first-order chi connectivity index (χ1) is 14.7. The van der Waals surface area contributed by atoms with Crippen molar-refractivity contribution in [2.24, 2.45) is 10.7 Å². The van der Waals surface area contributed by atoms with Crippen molar-refractivity contribution in [3.8, 4) is 22.3 Å². The molecule has 0 bridgehead atoms. The number of guanidine groups is 1. The van der Waals surface area contributed by atoms with E-state index in [9.17, 15) is 0 Å². The smallest absolute Gasteiger partial charge is 0.193 e. The number of para-hydroxylation sites is 1. The van der Waals surface area contributed by atoms with Crippen LogP contribution in [0.2, 0.25) is 0 Å². The number of nitrogens with one attached hydrogen (secondary N) is 1. The number of aromatic nitrogens is 1. The molecule has 1 aliphatic heterocycles. The number of nitrogens with two attached hydrogens (primary N) is 1. The van der Waals surface area contributed by atoms with Crippen LogP contribution < -0.4 is 20.5 Å². The van der Waals surface area contributed by atoms with E-state index in [1.807, 2.05) is 48.5 Å². The molecular weight excluding hydrogens is 400 g/mol. The summed E-state index contributed by atoms with van der Waals surface area (Å²) in [4.78, 5) is 8.99. The summed E-state index contributed by atoms with van der Waals surface area (Å²) in [6.45, 7) is 1.62. The maximum absolute atomic E-state index is 6.04. The van der Waals surface area contributed by atoms with Crippen LogP contribution >= 0.6 is 11.3 Å². The second kappa shape index (κ2) is 8.08. The van der Waals surface area contributed by atoms with Gasteiger partial charge >= 0.3 is 0 Å². The summed E-state index contributed by atoms with van der Waals surface area (Å²) in [6, 6.07) is 17.5. The molecule has 0 radical (unpaired) electrons. The van der Waals surface area contributed by atoms with E-state index in [1.54, 1.807) is 11.3 Å². The van der Waals surface area contributed by atoms with E-state index in [-0.39, 0.29) is 0 Å². The highest BCUT2D eigenvalue weighted by molar-refractivity contribution is 7.21. The topological polar surface area (TPSA) is 94.9 Å². The highest BCUT2D eigenvalue weighted by Gasteiger charge is 2.12. The zero-order valence-corrected chi connectivity index (χ0v) is 16.9. The number of rotatable bonds is 4. The van der Waals surface area contributed by atoms with E-state index in [1.165, 1.54) is 0 Å². The fourth-order valence-corrected chi connectivity index (χ4v) is 4.07. The predicted molar refractivity (Wildman–Crippen MR) is 118 cm³/mol. The van der Waals surface area contributed by atoms with Gasteiger partial charge in [-0.2, -0.15) is 0 Å². The number of thiazole rings is 1. The lowest BCUT2D eigenvalue weighted by Crippen LogP contribution is -2.22. The maximum Gasteiger partial charge on any atom is 0.193 e. The highest BCUT2D eigenvalue weighted by atomic mass is 32.1. The molecule has 5 rings (SSSR count). The first kappa shape index (κ1) is 18.5. The molecule has 0 saturated heterocycles. The van der Waals surface area contributed by atoms with Gasteiger partial charge in [-0.05, 0) is 36.4 Å². The summed E-state index contributed by atoms with van der Waals surface area (Å²) in [7, 11) is 0. The van der Waals surface area contributed by atoms with Gasteiger partial charge in [-0.25, -0.2) is 9.98 Å². The summed E-state index contributed by atoms with van der Waals surface area (Å²) < 4.78 is 18.4. The number of nitrogens with zero attached hydrogens (tertiary/aromatic N) is 2. The molecule has 3 N–H and O–H groups in total. The quantitative estimate of drug-likeness (QED) is 0.369. The summed E-state index contributed by atoms with van der Waals surface area (Å²) >= 11 is 1.60. The number of hydrogen-bond donors (Lipinski definition) is 2. The van der Waals surface area contributed by atoms with Gasteiger partial charge in [0.1, 0.15) is 12.3 Å². The van der Waals surface area contributed by atoms with E-state index in [4.69, 9.17) is 19.6 Å². The molecule has 4 aromatic rings. The van der Waals surface area contributed by atoms with Gasteiger partial charge in [-0.15, -0.1) is 11.3 Å². The van der Waals surface area contributed by atoms with Crippen LogP contribution in [-0.2, 0) is 6.54 Å². The minimum absolute atomic E-state index is 0.294. The van der Waals surface area contributed by atoms with E-state index in [2.05, 4.69) is 21.4 Å². The Morgan fingerprint density at radius 2 is 1.93 bits per heavy atom. The standard InChI is InChI=1S/C22H20N4O3S/c23-22(25-14-6-8-17-19(12-14)28-11-3-10-27-17)24-13-15-7-9-18(29-15)21-26-16-4-1-2-5-20(16)30-21/h1-2,4-9,12H,3,10-11,13H2,(H3,23,24,25). The van der Waals surface area contributed by atoms with Crippen LogP contribution in [0.5, 0.6) is 11.5 Å². The van der Waals surface area contributed by atoms with Crippen molar-refractivity contribution in [3.05, 3.63) is 60.4 Å². The van der Waals surface area contributed by atoms with Crippen LogP contribution in [0.15, 0.2) is 64.0 Å². The summed E-state index contributed by atoms with van der Waals surface area (Å²) in [5.74, 6) is 3.19. The van der Waals surface area contributed by atoms with Crippen LogP contribution in [0, 0.1) is 0 Å². The Labute approximate surface area is 177 Å². The zero-order valence-electron chi connectivity index (χ0n) is 16.1. The molecule has 0 atom stereocenters. The van der Waals surface area contributed by atoms with Gasteiger partial charge in [0.2, 0.25) is 0 Å². The summed E-state index contributed by atoms with van der Waals surface area (Å²) in [5, 5.41) is 3.93. The van der Waals surface area contributed by atoms with Crippen molar-refractivity contribution >= 4 is 33.2 Å². The molecule has 0 unspecified atom stereocenters. The molecule has 8 heteroatoms. The third-order valence-electron chi connectivity index (χ3n) is 4.59. The summed E-state index contributed by atoms with van der Waals surface area (Å²) in [5.41, 5.74) is 7.80. The number of furan rings is 1. The molecule has 7 nitrogen and oxygen atoms in total. The second-order valence-corrected chi connectivity index (χ2v) is 7.82. The number of fused-ring (bicyclic) bond motifs is 2. The first-order valence-electron chi connectivity index (χ1n) is 9.66. The first-order valence-corrected chi connectivity index (χ1v) is 10.5. The molecule has 1 aliphatic rings. The van der Waals surface area contributed by atoms with Crippen molar-refractivity contribution in [2.75, 3.05) is 18.5 Å². The van der Waals surface area contributed by atoms with E-state index in [0.29, 0.717) is 37.2 Å². The van der Waals surface area contributed by atoms with Gasteiger partial charge in [0.15, 0.2) is 28.2 Å². The van der Waals surface area contributed by atoms with Crippen LogP contribution in [0.4, 0.5) is 5.69 Å². The molecule has 3 heterocycles. The van der Waals surface area contributed by atoms with Crippen molar-refractivity contribution in [1.82, 2.24) is 4.98 Å². The second-order valence-electron chi connectivity index (χ2n) is 6.79. The van der Waals surface area contributed by atoms with Gasteiger partial charge in [-0.1, -0.05) is 12.1 Å². The number of hydrogen-bond acceptors (Lipinski definition) is 6. The van der Waals surface area contributed by atoms with Crippen molar-refractivity contribution in [2.45, 2.75) is 13.0 Å². The minimum Gasteiger partial charge on any atom is -0.490 e. The SMILES string of the molecule is NC(=NCc1ccc(-c2nc3ccccc3s2)o1)Nc1ccc2c(c1)OCCCO2. The molecule has 0 saturated carbocycles.